The summed E-state index contributed by atoms with van der Waals surface area (Å²) in [5.74, 6) is -0.801. The Kier molecular flexibility index (Phi) is 5.77. The Bertz CT molecular complexity index is 777. The average molecular weight is 351 g/mol. The van der Waals surface area contributed by atoms with Gasteiger partial charge in [-0.25, -0.2) is 4.39 Å². The summed E-state index contributed by atoms with van der Waals surface area (Å²) >= 11 is 0. The third-order valence-corrected chi connectivity index (χ3v) is 4.67. The van der Waals surface area contributed by atoms with Gasteiger partial charge >= 0.3 is 0 Å². The molecule has 1 N–H and O–H groups in total. The van der Waals surface area contributed by atoms with Crippen LogP contribution in [0.1, 0.15) is 43.4 Å². The molecule has 0 saturated carbocycles. The lowest BCUT2D eigenvalue weighted by atomic mass is 9.96. The monoisotopic (exact) mass is 351 g/mol. The lowest BCUT2D eigenvalue weighted by molar-refractivity contribution is 0.200. The number of allylic oxidation sites excluding steroid dienone is 2. The van der Waals surface area contributed by atoms with Gasteiger partial charge < -0.3 is 10.1 Å². The zero-order valence-electron chi connectivity index (χ0n) is 15.5. The van der Waals surface area contributed by atoms with E-state index in [0.717, 1.165) is 42.8 Å². The number of ether oxygens (including phenoxy) is 1. The summed E-state index contributed by atoms with van der Waals surface area (Å²) in [6, 6.07) is 15.6. The second kappa shape index (κ2) is 8.22. The highest BCUT2D eigenvalue weighted by Crippen LogP contribution is 2.31. The Morgan fingerprint density at radius 1 is 1.00 bits per heavy atom. The molecule has 1 aliphatic heterocycles. The molecule has 1 aliphatic rings. The van der Waals surface area contributed by atoms with Crippen LogP contribution in [0.5, 0.6) is 5.75 Å². The predicted octanol–water partition coefficient (Wildman–Crippen LogP) is 5.75. The minimum Gasteiger partial charge on any atom is -0.494 e. The summed E-state index contributed by atoms with van der Waals surface area (Å²) in [7, 11) is 0. The van der Waals surface area contributed by atoms with E-state index >= 15 is 4.39 Å². The molecule has 2 nitrogen and oxygen atoms in total. The fourth-order valence-corrected chi connectivity index (χ4v) is 2.90. The number of alkyl halides is 1. The first-order chi connectivity index (χ1) is 12.6. The Hall–Kier alpha value is -2.55. The fraction of sp³-hybridized carbons (Fsp3) is 0.304. The third-order valence-electron chi connectivity index (χ3n) is 4.67. The van der Waals surface area contributed by atoms with Crippen molar-refractivity contribution in [1.29, 1.82) is 0 Å². The predicted molar refractivity (Wildman–Crippen MR) is 106 cm³/mol. The normalized spacial score (nSPS) is 19.0. The van der Waals surface area contributed by atoms with Crippen molar-refractivity contribution in [2.45, 2.75) is 38.9 Å². The van der Waals surface area contributed by atoms with Crippen LogP contribution in [-0.4, -0.2) is 6.61 Å². The molecule has 0 bridgehead atoms. The van der Waals surface area contributed by atoms with Crippen molar-refractivity contribution < 1.29 is 9.13 Å². The summed E-state index contributed by atoms with van der Waals surface area (Å²) < 4.78 is 20.9. The molecule has 0 aliphatic carbocycles. The molecule has 1 heterocycles. The Balaban J connectivity index is 1.68. The van der Waals surface area contributed by atoms with Crippen molar-refractivity contribution in [3.05, 3.63) is 83.6 Å². The van der Waals surface area contributed by atoms with Gasteiger partial charge in [-0.05, 0) is 47.8 Å². The number of nitrogens with one attached hydrogen (secondary N) is 1. The zero-order valence-corrected chi connectivity index (χ0v) is 15.5. The maximum Gasteiger partial charge on any atom is 0.225 e. The molecule has 1 atom stereocenters. The topological polar surface area (TPSA) is 21.3 Å². The molecule has 136 valence electrons. The van der Waals surface area contributed by atoms with E-state index in [1.54, 1.807) is 12.3 Å². The van der Waals surface area contributed by atoms with E-state index in [2.05, 4.69) is 19.2 Å². The summed E-state index contributed by atoms with van der Waals surface area (Å²) in [5.41, 5.74) is 3.79. The van der Waals surface area contributed by atoms with Crippen molar-refractivity contribution in [3.8, 4) is 5.75 Å². The molecule has 0 spiro atoms. The molecule has 3 rings (SSSR count). The number of rotatable bonds is 7. The molecular formula is C23H26FNO. The number of unbranched alkanes of at least 4 members (excludes halogenated alkanes) is 1. The highest BCUT2D eigenvalue weighted by atomic mass is 19.1. The summed E-state index contributed by atoms with van der Waals surface area (Å²) in [6.45, 7) is 4.97. The van der Waals surface area contributed by atoms with Crippen molar-refractivity contribution in [2.75, 3.05) is 6.61 Å². The van der Waals surface area contributed by atoms with Crippen LogP contribution in [-0.2, 0) is 12.2 Å². The van der Waals surface area contributed by atoms with Crippen LogP contribution in [0.4, 0.5) is 4.39 Å². The van der Waals surface area contributed by atoms with Crippen LogP contribution in [0, 0.1) is 0 Å². The minimum absolute atomic E-state index is 0.612. The lowest BCUT2D eigenvalue weighted by Gasteiger charge is -2.26. The molecule has 3 heteroatoms. The van der Waals surface area contributed by atoms with E-state index in [4.69, 9.17) is 4.74 Å². The summed E-state index contributed by atoms with van der Waals surface area (Å²) in [6.07, 6.45) is 8.27. The van der Waals surface area contributed by atoms with Crippen molar-refractivity contribution in [1.82, 2.24) is 5.32 Å². The number of dihydropyridines is 1. The van der Waals surface area contributed by atoms with Gasteiger partial charge in [0.25, 0.3) is 0 Å². The molecule has 1 unspecified atom stereocenters. The van der Waals surface area contributed by atoms with Gasteiger partial charge in [-0.1, -0.05) is 62.7 Å². The number of hydrogen-bond donors (Lipinski definition) is 1. The number of halogens is 1. The van der Waals surface area contributed by atoms with Crippen LogP contribution >= 0.6 is 0 Å². The Morgan fingerprint density at radius 2 is 1.73 bits per heavy atom. The molecule has 0 fully saturated rings. The van der Waals surface area contributed by atoms with Crippen LogP contribution in [0.2, 0.25) is 0 Å². The first-order valence-corrected chi connectivity index (χ1v) is 9.33. The van der Waals surface area contributed by atoms with Crippen LogP contribution < -0.4 is 10.1 Å². The maximum atomic E-state index is 15.2. The molecule has 2 aromatic carbocycles. The first-order valence-electron chi connectivity index (χ1n) is 9.33. The Morgan fingerprint density at radius 3 is 2.31 bits per heavy atom. The van der Waals surface area contributed by atoms with E-state index in [1.807, 2.05) is 54.6 Å². The van der Waals surface area contributed by atoms with Crippen molar-refractivity contribution in [3.63, 3.8) is 0 Å². The summed E-state index contributed by atoms with van der Waals surface area (Å²) in [4.78, 5) is 0. The lowest BCUT2D eigenvalue weighted by Crippen LogP contribution is -2.34. The van der Waals surface area contributed by atoms with Gasteiger partial charge in [0.1, 0.15) is 5.75 Å². The standard InChI is InChI=1S/C23H26FNO/c1-3-5-16-26-22-12-8-19(9-13-22)20-14-15-23(24,25-17-20)21-10-6-18(4-2)7-11-21/h6-15,17,25H,3-5,16H2,1-2H3. The van der Waals surface area contributed by atoms with Gasteiger partial charge in [-0.3, -0.25) is 0 Å². The number of benzene rings is 2. The number of hydrogen-bond acceptors (Lipinski definition) is 2. The summed E-state index contributed by atoms with van der Waals surface area (Å²) in [5, 5.41) is 2.91. The van der Waals surface area contributed by atoms with Crippen LogP contribution in [0.3, 0.4) is 0 Å². The maximum absolute atomic E-state index is 15.2. The SMILES string of the molecule is CCCCOc1ccc(C2=CNC(F)(c3ccc(CC)cc3)C=C2)cc1. The molecule has 0 radical (unpaired) electrons. The quantitative estimate of drug-likeness (QED) is 0.506. The first kappa shape index (κ1) is 18.2. The van der Waals surface area contributed by atoms with Gasteiger partial charge in [0.15, 0.2) is 0 Å². The highest BCUT2D eigenvalue weighted by molar-refractivity contribution is 5.75. The second-order valence-corrected chi connectivity index (χ2v) is 6.57. The molecular weight excluding hydrogens is 325 g/mol. The molecule has 0 saturated heterocycles. The van der Waals surface area contributed by atoms with E-state index in [9.17, 15) is 0 Å². The van der Waals surface area contributed by atoms with Crippen LogP contribution in [0.15, 0.2) is 66.9 Å². The van der Waals surface area contributed by atoms with Crippen molar-refractivity contribution >= 4 is 5.57 Å². The highest BCUT2D eigenvalue weighted by Gasteiger charge is 2.29. The fourth-order valence-electron chi connectivity index (χ4n) is 2.90. The second-order valence-electron chi connectivity index (χ2n) is 6.57. The van der Waals surface area contributed by atoms with E-state index in [-0.39, 0.29) is 0 Å². The Labute approximate surface area is 155 Å². The van der Waals surface area contributed by atoms with Gasteiger partial charge in [0.2, 0.25) is 5.79 Å². The smallest absolute Gasteiger partial charge is 0.225 e. The van der Waals surface area contributed by atoms with Gasteiger partial charge in [0.05, 0.1) is 6.61 Å². The molecule has 0 aromatic heterocycles. The van der Waals surface area contributed by atoms with Crippen LogP contribution in [0.25, 0.3) is 5.57 Å². The molecule has 0 amide bonds. The van der Waals surface area contributed by atoms with Gasteiger partial charge in [-0.2, -0.15) is 0 Å². The average Bonchev–Trinajstić information content (AvgIpc) is 2.69. The van der Waals surface area contributed by atoms with Gasteiger partial charge in [0, 0.05) is 11.8 Å². The third kappa shape index (κ3) is 4.16. The molecule has 26 heavy (non-hydrogen) atoms. The van der Waals surface area contributed by atoms with Crippen molar-refractivity contribution in [2.24, 2.45) is 0 Å². The molecule has 2 aromatic rings. The largest absolute Gasteiger partial charge is 0.494 e. The van der Waals surface area contributed by atoms with E-state index in [0.29, 0.717) is 5.56 Å². The van der Waals surface area contributed by atoms with E-state index < -0.39 is 5.79 Å². The van der Waals surface area contributed by atoms with Gasteiger partial charge in [-0.15, -0.1) is 0 Å². The minimum atomic E-state index is -1.67. The zero-order chi connectivity index (χ0) is 18.4. The van der Waals surface area contributed by atoms with E-state index in [1.165, 1.54) is 5.56 Å². The number of aryl methyl sites for hydroxylation is 1.